The van der Waals surface area contributed by atoms with Gasteiger partial charge in [0.05, 0.1) is 6.42 Å². The van der Waals surface area contributed by atoms with E-state index in [1.165, 1.54) is 0 Å². The summed E-state index contributed by atoms with van der Waals surface area (Å²) in [4.78, 5) is 26.5. The third-order valence-electron chi connectivity index (χ3n) is 2.95. The van der Waals surface area contributed by atoms with Crippen LogP contribution in [0.25, 0.3) is 0 Å². The van der Waals surface area contributed by atoms with Crippen molar-refractivity contribution < 1.29 is 14.7 Å². The minimum absolute atomic E-state index is 0.0549. The van der Waals surface area contributed by atoms with E-state index in [1.807, 2.05) is 24.7 Å². The molecule has 0 aliphatic carbocycles. The number of aliphatic carboxylic acids is 1. The lowest BCUT2D eigenvalue weighted by Gasteiger charge is -2.16. The van der Waals surface area contributed by atoms with Gasteiger partial charge in [0.2, 0.25) is 0 Å². The Morgan fingerprint density at radius 3 is 2.80 bits per heavy atom. The fourth-order valence-corrected chi connectivity index (χ4v) is 1.95. The van der Waals surface area contributed by atoms with E-state index in [4.69, 9.17) is 5.11 Å². The van der Waals surface area contributed by atoms with Gasteiger partial charge in [0.25, 0.3) is 0 Å². The van der Waals surface area contributed by atoms with Gasteiger partial charge in [-0.05, 0) is 6.42 Å². The van der Waals surface area contributed by atoms with E-state index in [2.05, 4.69) is 15.6 Å². The Bertz CT molecular complexity index is 445. The van der Waals surface area contributed by atoms with Crippen molar-refractivity contribution in [2.45, 2.75) is 38.6 Å². The number of carboxylic acids is 1. The number of rotatable bonds is 8. The first kappa shape index (κ1) is 16.0. The molecule has 7 heteroatoms. The van der Waals surface area contributed by atoms with Crippen molar-refractivity contribution in [1.82, 2.24) is 20.2 Å². The monoisotopic (exact) mass is 282 g/mol. The second kappa shape index (κ2) is 8.19. The number of carboxylic acid groups (broad SMARTS) is 1. The third kappa shape index (κ3) is 5.73. The van der Waals surface area contributed by atoms with Gasteiger partial charge in [0.1, 0.15) is 5.82 Å². The second-order valence-electron chi connectivity index (χ2n) is 4.69. The highest BCUT2D eigenvalue weighted by molar-refractivity contribution is 5.75. The van der Waals surface area contributed by atoms with E-state index in [1.54, 1.807) is 6.20 Å². The lowest BCUT2D eigenvalue weighted by Crippen LogP contribution is -2.43. The number of urea groups is 1. The number of carbonyl (C=O) groups excluding carboxylic acids is 1. The molecule has 0 aliphatic heterocycles. The number of hydrogen-bond acceptors (Lipinski definition) is 3. The molecule has 1 unspecified atom stereocenters. The summed E-state index contributed by atoms with van der Waals surface area (Å²) in [6.45, 7) is 2.41. The Morgan fingerprint density at radius 2 is 2.25 bits per heavy atom. The highest BCUT2D eigenvalue weighted by atomic mass is 16.4. The highest BCUT2D eigenvalue weighted by Gasteiger charge is 2.14. The number of aryl methyl sites for hydroxylation is 1. The average molecular weight is 282 g/mol. The predicted molar refractivity (Wildman–Crippen MR) is 74.4 cm³/mol. The maximum atomic E-state index is 11.7. The largest absolute Gasteiger partial charge is 0.481 e. The van der Waals surface area contributed by atoms with Gasteiger partial charge in [-0.25, -0.2) is 9.78 Å². The molecule has 3 N–H and O–H groups in total. The summed E-state index contributed by atoms with van der Waals surface area (Å²) in [6.07, 6.45) is 5.61. The molecule has 0 saturated heterocycles. The van der Waals surface area contributed by atoms with Crippen LogP contribution in [0.5, 0.6) is 0 Å². The topological polar surface area (TPSA) is 96.2 Å². The molecule has 0 aromatic carbocycles. The van der Waals surface area contributed by atoms with Gasteiger partial charge in [-0.2, -0.15) is 0 Å². The molecule has 20 heavy (non-hydrogen) atoms. The zero-order valence-corrected chi connectivity index (χ0v) is 11.9. The maximum Gasteiger partial charge on any atom is 0.315 e. The number of hydrogen-bond donors (Lipinski definition) is 3. The van der Waals surface area contributed by atoms with Crippen LogP contribution in [-0.2, 0) is 18.3 Å². The fraction of sp³-hybridized carbons (Fsp3) is 0.615. The number of aromatic nitrogens is 2. The van der Waals surface area contributed by atoms with Gasteiger partial charge in [-0.15, -0.1) is 0 Å². The Hall–Kier alpha value is -2.05. The van der Waals surface area contributed by atoms with E-state index < -0.39 is 5.97 Å². The third-order valence-corrected chi connectivity index (χ3v) is 2.95. The van der Waals surface area contributed by atoms with E-state index in [0.29, 0.717) is 19.4 Å². The molecule has 1 heterocycles. The molecular formula is C13H22N4O3. The summed E-state index contributed by atoms with van der Waals surface area (Å²) in [6, 6.07) is -0.662. The lowest BCUT2D eigenvalue weighted by atomic mass is 10.1. The molecule has 2 amide bonds. The quantitative estimate of drug-likeness (QED) is 0.660. The molecule has 0 aliphatic rings. The van der Waals surface area contributed by atoms with E-state index >= 15 is 0 Å². The first-order chi connectivity index (χ1) is 9.52. The van der Waals surface area contributed by atoms with Crippen LogP contribution in [0.2, 0.25) is 0 Å². The second-order valence-corrected chi connectivity index (χ2v) is 4.69. The molecule has 1 aromatic rings. The van der Waals surface area contributed by atoms with Crippen molar-refractivity contribution in [3.8, 4) is 0 Å². The standard InChI is InChI=1S/C13H22N4O3/c1-3-4-10(9-12(18)19)16-13(20)15-6-5-11-14-7-8-17(11)2/h7-8,10H,3-6,9H2,1-2H3,(H,18,19)(H2,15,16,20). The summed E-state index contributed by atoms with van der Waals surface area (Å²) in [5.41, 5.74) is 0. The molecule has 0 fully saturated rings. The van der Waals surface area contributed by atoms with E-state index in [0.717, 1.165) is 12.2 Å². The summed E-state index contributed by atoms with van der Waals surface area (Å²) in [5, 5.41) is 14.2. The molecular weight excluding hydrogens is 260 g/mol. The number of nitrogens with one attached hydrogen (secondary N) is 2. The zero-order chi connectivity index (χ0) is 15.0. The SMILES string of the molecule is CCCC(CC(=O)O)NC(=O)NCCc1nccn1C. The Balaban J connectivity index is 2.30. The zero-order valence-electron chi connectivity index (χ0n) is 11.9. The van der Waals surface area contributed by atoms with E-state index in [9.17, 15) is 9.59 Å². The maximum absolute atomic E-state index is 11.7. The van der Waals surface area contributed by atoms with Gasteiger partial charge in [-0.3, -0.25) is 4.79 Å². The molecule has 0 spiro atoms. The minimum atomic E-state index is -0.906. The first-order valence-corrected chi connectivity index (χ1v) is 6.75. The summed E-state index contributed by atoms with van der Waals surface area (Å²) in [7, 11) is 1.90. The summed E-state index contributed by atoms with van der Waals surface area (Å²) in [5.74, 6) is -0.0160. The minimum Gasteiger partial charge on any atom is -0.481 e. The molecule has 0 radical (unpaired) electrons. The molecule has 1 rings (SSSR count). The predicted octanol–water partition coefficient (Wildman–Crippen LogP) is 0.905. The normalized spacial score (nSPS) is 11.9. The van der Waals surface area contributed by atoms with Gasteiger partial charge < -0.3 is 20.3 Å². The summed E-state index contributed by atoms with van der Waals surface area (Å²) < 4.78 is 1.89. The smallest absolute Gasteiger partial charge is 0.315 e. The Morgan fingerprint density at radius 1 is 1.50 bits per heavy atom. The van der Waals surface area contributed by atoms with E-state index in [-0.39, 0.29) is 18.5 Å². The van der Waals surface area contributed by atoms with Gasteiger partial charge in [-0.1, -0.05) is 13.3 Å². The van der Waals surface area contributed by atoms with Crippen LogP contribution in [0.4, 0.5) is 4.79 Å². The molecule has 0 saturated carbocycles. The van der Waals surface area contributed by atoms with Crippen LogP contribution < -0.4 is 10.6 Å². The van der Waals surface area contributed by atoms with Crippen molar-refractivity contribution >= 4 is 12.0 Å². The van der Waals surface area contributed by atoms with Gasteiger partial charge in [0.15, 0.2) is 0 Å². The molecule has 1 atom stereocenters. The van der Waals surface area contributed by atoms with Crippen LogP contribution in [0, 0.1) is 0 Å². The molecule has 112 valence electrons. The highest BCUT2D eigenvalue weighted by Crippen LogP contribution is 2.01. The average Bonchev–Trinajstić information content (AvgIpc) is 2.74. The van der Waals surface area contributed by atoms with Crippen molar-refractivity contribution in [2.24, 2.45) is 7.05 Å². The van der Waals surface area contributed by atoms with Crippen LogP contribution in [-0.4, -0.2) is 39.2 Å². The Labute approximate surface area is 118 Å². The van der Waals surface area contributed by atoms with Gasteiger partial charge in [0, 0.05) is 38.4 Å². The fourth-order valence-electron chi connectivity index (χ4n) is 1.95. The summed E-state index contributed by atoms with van der Waals surface area (Å²) >= 11 is 0. The number of carbonyl (C=O) groups is 2. The van der Waals surface area contributed by atoms with Crippen molar-refractivity contribution in [1.29, 1.82) is 0 Å². The molecule has 0 bridgehead atoms. The van der Waals surface area contributed by atoms with Crippen LogP contribution in [0.15, 0.2) is 12.4 Å². The van der Waals surface area contributed by atoms with Crippen molar-refractivity contribution in [3.63, 3.8) is 0 Å². The molecule has 7 nitrogen and oxygen atoms in total. The first-order valence-electron chi connectivity index (χ1n) is 6.75. The van der Waals surface area contributed by atoms with Crippen molar-refractivity contribution in [2.75, 3.05) is 6.54 Å². The van der Waals surface area contributed by atoms with Gasteiger partial charge >= 0.3 is 12.0 Å². The number of imidazole rings is 1. The number of nitrogens with zero attached hydrogens (tertiary/aromatic N) is 2. The number of amides is 2. The van der Waals surface area contributed by atoms with Crippen molar-refractivity contribution in [3.05, 3.63) is 18.2 Å². The Kier molecular flexibility index (Phi) is 6.55. The van der Waals surface area contributed by atoms with Crippen LogP contribution in [0.1, 0.15) is 32.0 Å². The lowest BCUT2D eigenvalue weighted by molar-refractivity contribution is -0.137. The molecule has 1 aromatic heterocycles. The van der Waals surface area contributed by atoms with Crippen LogP contribution >= 0.6 is 0 Å². The van der Waals surface area contributed by atoms with Crippen LogP contribution in [0.3, 0.4) is 0 Å².